The Bertz CT molecular complexity index is 604. The zero-order valence-corrected chi connectivity index (χ0v) is 15.2. The van der Waals surface area contributed by atoms with Gasteiger partial charge in [-0.25, -0.2) is 0 Å². The number of hydrogen-bond donors (Lipinski definition) is 1. The molecule has 2 aliphatic rings. The molecule has 4 nitrogen and oxygen atoms in total. The van der Waals surface area contributed by atoms with Gasteiger partial charge in [0.2, 0.25) is 0 Å². The van der Waals surface area contributed by atoms with Gasteiger partial charge in [-0.05, 0) is 51.4 Å². The Kier molecular flexibility index (Phi) is 5.28. The van der Waals surface area contributed by atoms with Gasteiger partial charge in [-0.2, -0.15) is 0 Å². The molecule has 4 heteroatoms. The lowest BCUT2D eigenvalue weighted by atomic mass is 9.84. The second kappa shape index (κ2) is 7.26. The quantitative estimate of drug-likeness (QED) is 0.865. The molecular weight excluding hydrogens is 300 g/mol. The summed E-state index contributed by atoms with van der Waals surface area (Å²) in [5.74, 6) is 0.968. The van der Waals surface area contributed by atoms with E-state index in [-0.39, 0.29) is 0 Å². The highest BCUT2D eigenvalue weighted by Gasteiger charge is 2.33. The van der Waals surface area contributed by atoms with Crippen molar-refractivity contribution in [3.8, 4) is 5.75 Å². The van der Waals surface area contributed by atoms with Gasteiger partial charge in [-0.1, -0.05) is 17.7 Å². The van der Waals surface area contributed by atoms with Gasteiger partial charge in [0, 0.05) is 38.3 Å². The van der Waals surface area contributed by atoms with E-state index in [1.54, 1.807) is 0 Å². The fraction of sp³-hybridized carbons (Fsp3) is 0.600. The molecule has 1 aromatic rings. The van der Waals surface area contributed by atoms with Gasteiger partial charge in [-0.15, -0.1) is 0 Å². The molecule has 0 aliphatic carbocycles. The van der Waals surface area contributed by atoms with Gasteiger partial charge in [-0.3, -0.25) is 4.90 Å². The smallest absolute Gasteiger partial charge is 0.123 e. The molecule has 0 amide bonds. The first-order chi connectivity index (χ1) is 11.5. The van der Waals surface area contributed by atoms with Crippen LogP contribution in [0.25, 0.3) is 0 Å². The molecule has 0 bridgehead atoms. The molecule has 0 spiro atoms. The number of allylic oxidation sites excluding steroid dienone is 1. The second-order valence-corrected chi connectivity index (χ2v) is 7.35. The first-order valence-corrected chi connectivity index (χ1v) is 9.01. The van der Waals surface area contributed by atoms with E-state index in [1.165, 1.54) is 11.1 Å². The van der Waals surface area contributed by atoms with Crippen LogP contribution in [0.2, 0.25) is 0 Å². The SMILES string of the molecule is C/C=C(\C)CN1CCOc2ccc(C3(O)CCN(C)CC3)cc2C1. The maximum atomic E-state index is 11.1. The van der Waals surface area contributed by atoms with Gasteiger partial charge in [0.1, 0.15) is 12.4 Å². The van der Waals surface area contributed by atoms with E-state index < -0.39 is 5.60 Å². The minimum absolute atomic E-state index is 0.697. The molecule has 1 N–H and O–H groups in total. The van der Waals surface area contributed by atoms with Crippen LogP contribution in [-0.2, 0) is 12.1 Å². The van der Waals surface area contributed by atoms with Crippen LogP contribution in [0, 0.1) is 0 Å². The molecule has 132 valence electrons. The van der Waals surface area contributed by atoms with Crippen molar-refractivity contribution < 1.29 is 9.84 Å². The Morgan fingerprint density at radius 3 is 2.75 bits per heavy atom. The maximum absolute atomic E-state index is 11.1. The summed E-state index contributed by atoms with van der Waals surface area (Å²) in [7, 11) is 2.12. The molecule has 1 fully saturated rings. The number of rotatable bonds is 3. The molecule has 2 heterocycles. The Morgan fingerprint density at radius 1 is 1.29 bits per heavy atom. The molecular formula is C20H30N2O2. The Morgan fingerprint density at radius 2 is 2.04 bits per heavy atom. The second-order valence-electron chi connectivity index (χ2n) is 7.35. The van der Waals surface area contributed by atoms with Gasteiger partial charge in [0.05, 0.1) is 5.60 Å². The predicted octanol–water partition coefficient (Wildman–Crippen LogP) is 2.76. The van der Waals surface area contributed by atoms with Crippen LogP contribution in [0.4, 0.5) is 0 Å². The molecule has 0 unspecified atom stereocenters. The Labute approximate surface area is 145 Å². The number of fused-ring (bicyclic) bond motifs is 1. The molecule has 1 aromatic carbocycles. The molecule has 0 saturated carbocycles. The maximum Gasteiger partial charge on any atom is 0.123 e. The zero-order chi connectivity index (χ0) is 17.2. The number of nitrogens with zero attached hydrogens (tertiary/aromatic N) is 2. The topological polar surface area (TPSA) is 35.9 Å². The van der Waals surface area contributed by atoms with Crippen molar-refractivity contribution >= 4 is 0 Å². The van der Waals surface area contributed by atoms with Crippen LogP contribution in [0.3, 0.4) is 0 Å². The Balaban J connectivity index is 1.81. The van der Waals surface area contributed by atoms with Crippen molar-refractivity contribution in [2.75, 3.05) is 39.8 Å². The van der Waals surface area contributed by atoms with Crippen molar-refractivity contribution in [1.82, 2.24) is 9.80 Å². The lowest BCUT2D eigenvalue weighted by molar-refractivity contribution is -0.0204. The van der Waals surface area contributed by atoms with E-state index in [2.05, 4.69) is 48.9 Å². The summed E-state index contributed by atoms with van der Waals surface area (Å²) in [5.41, 5.74) is 2.92. The molecule has 0 atom stereocenters. The van der Waals surface area contributed by atoms with E-state index in [1.807, 2.05) is 6.07 Å². The number of aliphatic hydroxyl groups is 1. The van der Waals surface area contributed by atoms with Crippen molar-refractivity contribution in [3.63, 3.8) is 0 Å². The summed E-state index contributed by atoms with van der Waals surface area (Å²) in [6.07, 6.45) is 3.76. The first kappa shape index (κ1) is 17.5. The van der Waals surface area contributed by atoms with E-state index in [9.17, 15) is 5.11 Å². The molecule has 0 radical (unpaired) electrons. The van der Waals surface area contributed by atoms with Crippen LogP contribution < -0.4 is 4.74 Å². The largest absolute Gasteiger partial charge is 0.492 e. The van der Waals surface area contributed by atoms with Crippen LogP contribution >= 0.6 is 0 Å². The standard InChI is InChI=1S/C20H30N2O2/c1-4-16(2)14-22-11-12-24-19-6-5-18(13-17(19)15-22)20(23)7-9-21(3)10-8-20/h4-6,13,23H,7-12,14-15H2,1-3H3/b16-4+. The van der Waals surface area contributed by atoms with Gasteiger partial charge >= 0.3 is 0 Å². The summed E-state index contributed by atoms with van der Waals surface area (Å²) < 4.78 is 5.94. The molecule has 24 heavy (non-hydrogen) atoms. The Hall–Kier alpha value is -1.36. The fourth-order valence-electron chi connectivity index (χ4n) is 3.59. The predicted molar refractivity (Wildman–Crippen MR) is 97.3 cm³/mol. The summed E-state index contributed by atoms with van der Waals surface area (Å²) in [4.78, 5) is 4.70. The fourth-order valence-corrected chi connectivity index (χ4v) is 3.59. The number of hydrogen-bond acceptors (Lipinski definition) is 4. The number of ether oxygens (including phenoxy) is 1. The third-order valence-electron chi connectivity index (χ3n) is 5.44. The number of likely N-dealkylation sites (tertiary alicyclic amines) is 1. The lowest BCUT2D eigenvalue weighted by Crippen LogP contribution is -2.40. The minimum Gasteiger partial charge on any atom is -0.492 e. The highest BCUT2D eigenvalue weighted by molar-refractivity contribution is 5.40. The molecule has 2 aliphatic heterocycles. The normalized spacial score (nSPS) is 22.6. The summed E-state index contributed by atoms with van der Waals surface area (Å²) >= 11 is 0. The number of benzene rings is 1. The van der Waals surface area contributed by atoms with Crippen LogP contribution in [-0.4, -0.2) is 54.7 Å². The van der Waals surface area contributed by atoms with E-state index in [4.69, 9.17) is 4.74 Å². The van der Waals surface area contributed by atoms with Crippen LogP contribution in [0.5, 0.6) is 5.75 Å². The molecule has 1 saturated heterocycles. The minimum atomic E-state index is -0.697. The lowest BCUT2D eigenvalue weighted by Gasteiger charge is -2.37. The van der Waals surface area contributed by atoms with Crippen molar-refractivity contribution in [1.29, 1.82) is 0 Å². The first-order valence-electron chi connectivity index (χ1n) is 9.01. The molecule has 0 aromatic heterocycles. The summed E-state index contributed by atoms with van der Waals surface area (Å²) in [6, 6.07) is 6.27. The van der Waals surface area contributed by atoms with E-state index >= 15 is 0 Å². The van der Waals surface area contributed by atoms with E-state index in [0.29, 0.717) is 0 Å². The average Bonchev–Trinajstić information content (AvgIpc) is 2.78. The van der Waals surface area contributed by atoms with Crippen LogP contribution in [0.1, 0.15) is 37.8 Å². The average molecular weight is 330 g/mol. The van der Waals surface area contributed by atoms with Gasteiger partial charge < -0.3 is 14.7 Å². The summed E-state index contributed by atoms with van der Waals surface area (Å²) in [5, 5.41) is 11.1. The van der Waals surface area contributed by atoms with E-state index in [0.717, 1.165) is 63.5 Å². The zero-order valence-electron chi connectivity index (χ0n) is 15.2. The summed E-state index contributed by atoms with van der Waals surface area (Å²) in [6.45, 7) is 9.65. The highest BCUT2D eigenvalue weighted by atomic mass is 16.5. The van der Waals surface area contributed by atoms with Crippen molar-refractivity contribution in [3.05, 3.63) is 41.0 Å². The third-order valence-corrected chi connectivity index (χ3v) is 5.44. The monoisotopic (exact) mass is 330 g/mol. The highest BCUT2D eigenvalue weighted by Crippen LogP contribution is 2.35. The van der Waals surface area contributed by atoms with Crippen molar-refractivity contribution in [2.45, 2.75) is 38.8 Å². The van der Waals surface area contributed by atoms with Crippen LogP contribution in [0.15, 0.2) is 29.8 Å². The van der Waals surface area contributed by atoms with Gasteiger partial charge in [0.25, 0.3) is 0 Å². The molecule has 3 rings (SSSR count). The van der Waals surface area contributed by atoms with Crippen molar-refractivity contribution in [2.24, 2.45) is 0 Å². The van der Waals surface area contributed by atoms with Gasteiger partial charge in [0.15, 0.2) is 0 Å². The third kappa shape index (κ3) is 3.82. The number of piperidine rings is 1.